The van der Waals surface area contributed by atoms with Crippen molar-refractivity contribution in [1.29, 1.82) is 0 Å². The fourth-order valence-electron chi connectivity index (χ4n) is 12.9. The van der Waals surface area contributed by atoms with Crippen LogP contribution in [0.1, 0.15) is 152 Å². The second-order valence-electron chi connectivity index (χ2n) is 16.0. The van der Waals surface area contributed by atoms with Gasteiger partial charge in [0.25, 0.3) is 0 Å². The molecule has 6 saturated carbocycles. The summed E-state index contributed by atoms with van der Waals surface area (Å²) in [6.45, 7) is 7.05. The van der Waals surface area contributed by atoms with Crippen molar-refractivity contribution in [2.45, 2.75) is 154 Å². The predicted octanol–water partition coefficient (Wildman–Crippen LogP) is 10.2. The summed E-state index contributed by atoms with van der Waals surface area (Å²) < 4.78 is 5.45. The molecule has 0 bridgehead atoms. The van der Waals surface area contributed by atoms with Gasteiger partial charge < -0.3 is 0 Å². The van der Waals surface area contributed by atoms with E-state index in [0.29, 0.717) is 0 Å². The molecule has 0 amide bonds. The van der Waals surface area contributed by atoms with Crippen LogP contribution in [0.2, 0.25) is 0 Å². The molecule has 0 spiro atoms. The first-order valence-electron chi connectivity index (χ1n) is 18.8. The van der Waals surface area contributed by atoms with E-state index in [-0.39, 0.29) is 0 Å². The van der Waals surface area contributed by atoms with E-state index in [1.54, 1.807) is 35.0 Å². The smallest absolute Gasteiger partial charge is 0.230 e. The number of aromatic nitrogens is 2. The van der Waals surface area contributed by atoms with Gasteiger partial charge in [-0.2, -0.15) is 0 Å². The molecule has 8 atom stereocenters. The third-order valence-electron chi connectivity index (χ3n) is 14.4. The lowest BCUT2D eigenvalue weighted by Gasteiger charge is -2.52. The lowest BCUT2D eigenvalue weighted by atomic mass is 9.52. The van der Waals surface area contributed by atoms with Crippen LogP contribution in [0.15, 0.2) is 18.5 Å². The summed E-state index contributed by atoms with van der Waals surface area (Å²) in [5.74, 6) is 9.34. The standard InChI is InChI=1S/C39H59N2/c1-3-40-25-41(4-2)39-35(37-32-19-11-7-15-28(32)24-29-16-8-12-20-33(29)37)22-21-34(38(39)40)36-30-17-9-5-13-26(30)23-27-14-6-10-18-31(27)36/h21-22,25-33,36-37H,3-20,23-24H2,1-2H3/q+1. The average molecular weight is 556 g/mol. The number of rotatable bonds is 4. The zero-order chi connectivity index (χ0) is 27.5. The van der Waals surface area contributed by atoms with Crippen LogP contribution < -0.4 is 4.57 Å². The quantitative estimate of drug-likeness (QED) is 0.332. The normalized spacial score (nSPS) is 40.8. The summed E-state index contributed by atoms with van der Waals surface area (Å²) in [6, 6.07) is 5.56. The Balaban J connectivity index is 1.31. The molecule has 8 rings (SSSR count). The minimum absolute atomic E-state index is 0.803. The van der Waals surface area contributed by atoms with E-state index in [4.69, 9.17) is 0 Å². The van der Waals surface area contributed by atoms with Gasteiger partial charge in [0.05, 0.1) is 13.1 Å². The fraction of sp³-hybridized carbons (Fsp3) is 0.821. The highest BCUT2D eigenvalue weighted by Gasteiger charge is 2.50. The second kappa shape index (κ2) is 11.3. The molecule has 6 aliphatic carbocycles. The first-order chi connectivity index (χ1) is 20.3. The maximum atomic E-state index is 2.78. The minimum atomic E-state index is 0.803. The SMILES string of the molecule is CCn1c[n+](CC)c2c(C3C4CCCCC4CC4CCCCC43)ccc(C3C4CCCCC4CC4CCCCC43)c21. The molecule has 6 fully saturated rings. The van der Waals surface area contributed by atoms with Crippen LogP contribution in [-0.2, 0) is 13.1 Å². The summed E-state index contributed by atoms with van der Waals surface area (Å²) in [5.41, 5.74) is 6.97. The topological polar surface area (TPSA) is 8.81 Å². The zero-order valence-electron chi connectivity index (χ0n) is 26.5. The van der Waals surface area contributed by atoms with Crippen LogP contribution in [0.3, 0.4) is 0 Å². The molecule has 224 valence electrons. The van der Waals surface area contributed by atoms with Crippen LogP contribution in [0.25, 0.3) is 11.0 Å². The summed E-state index contributed by atoms with van der Waals surface area (Å²) >= 11 is 0. The van der Waals surface area contributed by atoms with E-state index in [1.807, 2.05) is 0 Å². The second-order valence-corrected chi connectivity index (χ2v) is 16.0. The van der Waals surface area contributed by atoms with E-state index in [1.165, 1.54) is 103 Å². The van der Waals surface area contributed by atoms with Crippen LogP contribution in [0.4, 0.5) is 0 Å². The van der Waals surface area contributed by atoms with Gasteiger partial charge in [0, 0.05) is 11.1 Å². The summed E-state index contributed by atoms with van der Waals surface area (Å²) in [6.07, 6.45) is 29.6. The highest BCUT2D eigenvalue weighted by Crippen LogP contribution is 2.60. The molecule has 0 radical (unpaired) electrons. The number of benzene rings is 1. The molecule has 1 aromatic heterocycles. The Kier molecular flexibility index (Phi) is 7.52. The Morgan fingerprint density at radius 2 is 1.00 bits per heavy atom. The van der Waals surface area contributed by atoms with E-state index in [0.717, 1.165) is 72.3 Å². The van der Waals surface area contributed by atoms with Crippen molar-refractivity contribution in [2.24, 2.45) is 47.3 Å². The zero-order valence-corrected chi connectivity index (χ0v) is 26.5. The van der Waals surface area contributed by atoms with Gasteiger partial charge in [-0.1, -0.05) is 89.2 Å². The molecule has 2 nitrogen and oxygen atoms in total. The number of hydrogen-bond donors (Lipinski definition) is 0. The number of aryl methyl sites for hydroxylation is 2. The number of imidazole rings is 1. The highest BCUT2D eigenvalue weighted by molar-refractivity contribution is 5.81. The van der Waals surface area contributed by atoms with Crippen LogP contribution in [-0.4, -0.2) is 4.57 Å². The summed E-state index contributed by atoms with van der Waals surface area (Å²) in [7, 11) is 0. The molecule has 0 saturated heterocycles. The Morgan fingerprint density at radius 3 is 1.44 bits per heavy atom. The van der Waals surface area contributed by atoms with Gasteiger partial charge in [-0.3, -0.25) is 0 Å². The average Bonchev–Trinajstić information content (AvgIpc) is 3.41. The van der Waals surface area contributed by atoms with Crippen molar-refractivity contribution < 1.29 is 4.57 Å². The fourth-order valence-corrected chi connectivity index (χ4v) is 12.9. The maximum Gasteiger partial charge on any atom is 0.244 e. The number of nitrogens with zero attached hydrogens (tertiary/aromatic N) is 2. The molecule has 2 heteroatoms. The molecule has 1 heterocycles. The predicted molar refractivity (Wildman–Crippen MR) is 170 cm³/mol. The van der Waals surface area contributed by atoms with Gasteiger partial charge >= 0.3 is 0 Å². The maximum absolute atomic E-state index is 2.78. The highest BCUT2D eigenvalue weighted by atomic mass is 15.1. The van der Waals surface area contributed by atoms with Crippen molar-refractivity contribution in [3.8, 4) is 0 Å². The molecular formula is C39H59N2+. The first-order valence-corrected chi connectivity index (χ1v) is 18.8. The van der Waals surface area contributed by atoms with Gasteiger partial charge in [0.15, 0.2) is 11.0 Å². The Morgan fingerprint density at radius 1 is 0.585 bits per heavy atom. The Bertz CT molecular complexity index is 1090. The van der Waals surface area contributed by atoms with Gasteiger partial charge in [0.2, 0.25) is 6.33 Å². The molecule has 2 aromatic rings. The lowest BCUT2D eigenvalue weighted by molar-refractivity contribution is -0.669. The van der Waals surface area contributed by atoms with Crippen LogP contribution in [0.5, 0.6) is 0 Å². The Labute approximate surface area is 251 Å². The minimum Gasteiger partial charge on any atom is -0.230 e. The van der Waals surface area contributed by atoms with Gasteiger partial charge in [-0.25, -0.2) is 9.13 Å². The van der Waals surface area contributed by atoms with Crippen molar-refractivity contribution in [3.05, 3.63) is 29.6 Å². The molecule has 6 aliphatic rings. The third kappa shape index (κ3) is 4.49. The largest absolute Gasteiger partial charge is 0.244 e. The number of fused-ring (bicyclic) bond motifs is 5. The Hall–Kier alpha value is -1.31. The van der Waals surface area contributed by atoms with Crippen molar-refractivity contribution in [1.82, 2.24) is 4.57 Å². The van der Waals surface area contributed by atoms with E-state index in [2.05, 4.69) is 41.4 Å². The third-order valence-corrected chi connectivity index (χ3v) is 14.4. The van der Waals surface area contributed by atoms with Crippen molar-refractivity contribution in [2.75, 3.05) is 0 Å². The lowest BCUT2D eigenvalue weighted by Crippen LogP contribution is -2.43. The van der Waals surface area contributed by atoms with Crippen molar-refractivity contribution >= 4 is 11.0 Å². The first kappa shape index (κ1) is 27.3. The molecular weight excluding hydrogens is 496 g/mol. The molecule has 8 unspecified atom stereocenters. The van der Waals surface area contributed by atoms with Crippen LogP contribution >= 0.6 is 0 Å². The summed E-state index contributed by atoms with van der Waals surface area (Å²) in [4.78, 5) is 0. The van der Waals surface area contributed by atoms with Crippen LogP contribution in [0, 0.1) is 47.3 Å². The molecule has 0 aliphatic heterocycles. The summed E-state index contributed by atoms with van der Waals surface area (Å²) in [5, 5.41) is 0. The number of hydrogen-bond acceptors (Lipinski definition) is 0. The van der Waals surface area contributed by atoms with E-state index < -0.39 is 0 Å². The van der Waals surface area contributed by atoms with Crippen molar-refractivity contribution in [3.63, 3.8) is 0 Å². The van der Waals surface area contributed by atoms with E-state index >= 15 is 0 Å². The van der Waals surface area contributed by atoms with Gasteiger partial charge in [0.1, 0.15) is 0 Å². The molecule has 41 heavy (non-hydrogen) atoms. The monoisotopic (exact) mass is 555 g/mol. The van der Waals surface area contributed by atoms with E-state index in [9.17, 15) is 0 Å². The van der Waals surface area contributed by atoms with Gasteiger partial charge in [-0.15, -0.1) is 0 Å². The molecule has 1 aromatic carbocycles. The van der Waals surface area contributed by atoms with Gasteiger partial charge in [-0.05, 0) is 112 Å². The molecule has 0 N–H and O–H groups in total.